The van der Waals surface area contributed by atoms with Gasteiger partial charge < -0.3 is 15.0 Å². The van der Waals surface area contributed by atoms with Crippen molar-refractivity contribution in [1.29, 1.82) is 0 Å². The van der Waals surface area contributed by atoms with E-state index in [4.69, 9.17) is 4.74 Å². The molecule has 0 aromatic heterocycles. The third-order valence-corrected chi connectivity index (χ3v) is 6.75. The normalized spacial score (nSPS) is 19.0. The average molecular weight is 481 g/mol. The van der Waals surface area contributed by atoms with E-state index in [2.05, 4.69) is 10.3 Å². The number of guanidine groups is 1. The topological polar surface area (TPSA) is 71.0 Å². The molecule has 1 heterocycles. The van der Waals surface area contributed by atoms with Crippen molar-refractivity contribution in [3.05, 3.63) is 29.8 Å². The van der Waals surface area contributed by atoms with Gasteiger partial charge in [0.2, 0.25) is 0 Å². The Morgan fingerprint density at radius 1 is 1.40 bits per heavy atom. The molecular formula is C17H28IN3O3S. The number of sulfone groups is 1. The van der Waals surface area contributed by atoms with Gasteiger partial charge in [-0.1, -0.05) is 12.1 Å². The Hall–Kier alpha value is -1.03. The van der Waals surface area contributed by atoms with Crippen molar-refractivity contribution in [3.63, 3.8) is 0 Å². The van der Waals surface area contributed by atoms with Crippen LogP contribution in [0.3, 0.4) is 0 Å². The lowest BCUT2D eigenvalue weighted by molar-refractivity contribution is 0.339. The van der Waals surface area contributed by atoms with Crippen LogP contribution in [0.1, 0.15) is 26.3 Å². The molecule has 2 rings (SSSR count). The summed E-state index contributed by atoms with van der Waals surface area (Å²) in [6.45, 7) is 7.64. The van der Waals surface area contributed by atoms with Crippen LogP contribution in [0.4, 0.5) is 0 Å². The molecule has 0 atom stereocenters. The summed E-state index contributed by atoms with van der Waals surface area (Å²) in [6.07, 6.45) is 0. The summed E-state index contributed by atoms with van der Waals surface area (Å²) in [6, 6.07) is 7.91. The maximum atomic E-state index is 12.1. The molecule has 0 radical (unpaired) electrons. The third-order valence-electron chi connectivity index (χ3n) is 4.21. The zero-order valence-electron chi connectivity index (χ0n) is 15.3. The first-order chi connectivity index (χ1) is 11.3. The standard InChI is InChI=1S/C17H27N3O3S.HI/c1-5-23-15-8-6-7-14(11-15)12-19-16(18-4)20-9-10-24(21,22)17(2,3)13-20;/h6-8,11H,5,9-10,12-13H2,1-4H3,(H,18,19);1H. The fourth-order valence-electron chi connectivity index (χ4n) is 2.75. The highest BCUT2D eigenvalue weighted by atomic mass is 127. The number of benzene rings is 1. The molecule has 1 aromatic rings. The van der Waals surface area contributed by atoms with Crippen molar-refractivity contribution in [2.24, 2.45) is 4.99 Å². The third kappa shape index (κ3) is 5.47. The summed E-state index contributed by atoms with van der Waals surface area (Å²) >= 11 is 0. The molecule has 8 heteroatoms. The van der Waals surface area contributed by atoms with Gasteiger partial charge in [-0.15, -0.1) is 24.0 Å². The van der Waals surface area contributed by atoms with Gasteiger partial charge in [-0.2, -0.15) is 0 Å². The summed E-state index contributed by atoms with van der Waals surface area (Å²) in [5.74, 6) is 1.72. The summed E-state index contributed by atoms with van der Waals surface area (Å²) in [5.41, 5.74) is 1.09. The molecule has 1 aliphatic heterocycles. The highest BCUT2D eigenvalue weighted by Gasteiger charge is 2.40. The largest absolute Gasteiger partial charge is 0.494 e. The molecule has 1 saturated heterocycles. The SMILES string of the molecule is CCOc1cccc(CNC(=NC)N2CCS(=O)(=O)C(C)(C)C2)c1.I. The maximum Gasteiger partial charge on any atom is 0.193 e. The summed E-state index contributed by atoms with van der Waals surface area (Å²) in [4.78, 5) is 6.31. The van der Waals surface area contributed by atoms with E-state index in [-0.39, 0.29) is 29.7 Å². The Morgan fingerprint density at radius 3 is 2.72 bits per heavy atom. The summed E-state index contributed by atoms with van der Waals surface area (Å²) in [7, 11) is -1.34. The van der Waals surface area contributed by atoms with Crippen LogP contribution < -0.4 is 10.1 Å². The van der Waals surface area contributed by atoms with Gasteiger partial charge in [0.25, 0.3) is 0 Å². The molecule has 1 fully saturated rings. The Bertz CT molecular complexity index is 705. The second kappa shape index (κ2) is 9.07. The fourth-order valence-corrected chi connectivity index (χ4v) is 4.12. The van der Waals surface area contributed by atoms with Crippen LogP contribution in [-0.2, 0) is 16.4 Å². The Morgan fingerprint density at radius 2 is 2.12 bits per heavy atom. The van der Waals surface area contributed by atoms with E-state index in [1.54, 1.807) is 20.9 Å². The Labute approximate surface area is 168 Å². The molecular weight excluding hydrogens is 453 g/mol. The molecule has 1 aliphatic rings. The van der Waals surface area contributed by atoms with E-state index in [0.29, 0.717) is 26.2 Å². The number of hydrogen-bond acceptors (Lipinski definition) is 4. The lowest BCUT2D eigenvalue weighted by Gasteiger charge is -2.39. The number of hydrogen-bond donors (Lipinski definition) is 1. The molecule has 142 valence electrons. The van der Waals surface area contributed by atoms with Crippen LogP contribution in [0.5, 0.6) is 5.75 Å². The summed E-state index contributed by atoms with van der Waals surface area (Å²) < 4.78 is 29.0. The molecule has 0 bridgehead atoms. The van der Waals surface area contributed by atoms with Gasteiger partial charge in [-0.3, -0.25) is 4.99 Å². The maximum absolute atomic E-state index is 12.1. The number of aliphatic imine (C=N–C) groups is 1. The van der Waals surface area contributed by atoms with Crippen molar-refractivity contribution < 1.29 is 13.2 Å². The van der Waals surface area contributed by atoms with E-state index < -0.39 is 14.6 Å². The van der Waals surface area contributed by atoms with Crippen LogP contribution in [0.15, 0.2) is 29.3 Å². The molecule has 6 nitrogen and oxygen atoms in total. The monoisotopic (exact) mass is 481 g/mol. The van der Waals surface area contributed by atoms with Gasteiger partial charge >= 0.3 is 0 Å². The smallest absolute Gasteiger partial charge is 0.193 e. The lowest BCUT2D eigenvalue weighted by atomic mass is 10.2. The summed E-state index contributed by atoms with van der Waals surface area (Å²) in [5, 5.41) is 3.32. The van der Waals surface area contributed by atoms with Gasteiger partial charge in [0, 0.05) is 26.7 Å². The number of nitrogens with one attached hydrogen (secondary N) is 1. The molecule has 0 saturated carbocycles. The van der Waals surface area contributed by atoms with Gasteiger partial charge in [-0.05, 0) is 38.5 Å². The quantitative estimate of drug-likeness (QED) is 0.406. The molecule has 25 heavy (non-hydrogen) atoms. The van der Waals surface area contributed by atoms with E-state index in [1.807, 2.05) is 36.1 Å². The zero-order valence-corrected chi connectivity index (χ0v) is 18.4. The predicted octanol–water partition coefficient (Wildman–Crippen LogP) is 2.29. The molecule has 1 N–H and O–H groups in total. The van der Waals surface area contributed by atoms with Gasteiger partial charge in [0.1, 0.15) is 5.75 Å². The predicted molar refractivity (Wildman–Crippen MR) is 113 cm³/mol. The zero-order chi connectivity index (χ0) is 17.8. The van der Waals surface area contributed by atoms with E-state index >= 15 is 0 Å². The molecule has 0 spiro atoms. The van der Waals surface area contributed by atoms with Crippen LogP contribution >= 0.6 is 24.0 Å². The highest BCUT2D eigenvalue weighted by molar-refractivity contribution is 14.0. The van der Waals surface area contributed by atoms with E-state index in [1.165, 1.54) is 0 Å². The Balaban J connectivity index is 0.00000312. The number of ether oxygens (including phenoxy) is 1. The number of rotatable bonds is 4. The van der Waals surface area contributed by atoms with Crippen molar-refractivity contribution in [2.75, 3.05) is 32.5 Å². The van der Waals surface area contributed by atoms with Crippen LogP contribution in [0, 0.1) is 0 Å². The van der Waals surface area contributed by atoms with Crippen molar-refractivity contribution in [2.45, 2.75) is 32.1 Å². The van der Waals surface area contributed by atoms with Gasteiger partial charge in [0.15, 0.2) is 15.8 Å². The average Bonchev–Trinajstić information content (AvgIpc) is 2.52. The van der Waals surface area contributed by atoms with Gasteiger partial charge in [-0.25, -0.2) is 8.42 Å². The minimum Gasteiger partial charge on any atom is -0.494 e. The van der Waals surface area contributed by atoms with Crippen LogP contribution in [-0.4, -0.2) is 56.5 Å². The van der Waals surface area contributed by atoms with Crippen molar-refractivity contribution >= 4 is 39.8 Å². The van der Waals surface area contributed by atoms with Crippen LogP contribution in [0.25, 0.3) is 0 Å². The minimum atomic E-state index is -3.06. The van der Waals surface area contributed by atoms with E-state index in [9.17, 15) is 8.42 Å². The molecule has 0 aliphatic carbocycles. The first-order valence-corrected chi connectivity index (χ1v) is 9.84. The van der Waals surface area contributed by atoms with E-state index in [0.717, 1.165) is 17.3 Å². The first kappa shape index (κ1) is 22.0. The number of halogens is 1. The second-order valence-electron chi connectivity index (χ2n) is 6.48. The van der Waals surface area contributed by atoms with Crippen LogP contribution in [0.2, 0.25) is 0 Å². The molecule has 1 aromatic carbocycles. The van der Waals surface area contributed by atoms with Crippen molar-refractivity contribution in [3.8, 4) is 5.75 Å². The number of nitrogens with zero attached hydrogens (tertiary/aromatic N) is 2. The van der Waals surface area contributed by atoms with Crippen molar-refractivity contribution in [1.82, 2.24) is 10.2 Å². The fraction of sp³-hybridized carbons (Fsp3) is 0.588. The lowest BCUT2D eigenvalue weighted by Crippen LogP contribution is -2.57. The molecule has 0 unspecified atom stereocenters. The Kier molecular flexibility index (Phi) is 7.98. The minimum absolute atomic E-state index is 0. The van der Waals surface area contributed by atoms with Gasteiger partial charge in [0.05, 0.1) is 17.1 Å². The molecule has 0 amide bonds. The first-order valence-electron chi connectivity index (χ1n) is 8.18. The second-order valence-corrected chi connectivity index (χ2v) is 9.22. The highest BCUT2D eigenvalue weighted by Crippen LogP contribution is 2.23.